The van der Waals surface area contributed by atoms with E-state index in [2.05, 4.69) is 35.8 Å². The van der Waals surface area contributed by atoms with Gasteiger partial charge in [0.15, 0.2) is 0 Å². The molecule has 1 fully saturated rings. The molecule has 2 nitrogen and oxygen atoms in total. The zero-order valence-corrected chi connectivity index (χ0v) is 14.0. The van der Waals surface area contributed by atoms with Gasteiger partial charge in [-0.1, -0.05) is 24.3 Å². The lowest BCUT2D eigenvalue weighted by atomic mass is 9.94. The van der Waals surface area contributed by atoms with Crippen LogP contribution in [0.2, 0.25) is 0 Å². The minimum absolute atomic E-state index is 0.575. The lowest BCUT2D eigenvalue weighted by molar-refractivity contribution is 0.0773. The average molecular weight is 305 g/mol. The molecule has 3 rings (SSSR count). The first-order valence-electron chi connectivity index (χ1n) is 8.10. The van der Waals surface area contributed by atoms with Gasteiger partial charge in [-0.15, -0.1) is 0 Å². The highest BCUT2D eigenvalue weighted by Gasteiger charge is 2.39. The molecule has 0 radical (unpaired) electrons. The zero-order valence-electron chi connectivity index (χ0n) is 13.1. The van der Waals surface area contributed by atoms with Crippen LogP contribution < -0.4 is 5.32 Å². The first kappa shape index (κ1) is 15.4. The van der Waals surface area contributed by atoms with Crippen LogP contribution in [0.25, 0.3) is 0 Å². The van der Waals surface area contributed by atoms with Crippen molar-refractivity contribution in [3.8, 4) is 0 Å². The molecule has 1 saturated carbocycles. The molecule has 21 heavy (non-hydrogen) atoms. The van der Waals surface area contributed by atoms with Crippen molar-refractivity contribution >= 4 is 11.8 Å². The minimum Gasteiger partial charge on any atom is -0.388 e. The summed E-state index contributed by atoms with van der Waals surface area (Å²) in [4.78, 5) is 0. The van der Waals surface area contributed by atoms with Gasteiger partial charge >= 0.3 is 0 Å². The fourth-order valence-electron chi connectivity index (χ4n) is 4.18. The Morgan fingerprint density at radius 2 is 1.76 bits per heavy atom. The number of fused-ring (bicyclic) bond motifs is 3. The molecule has 2 aliphatic carbocycles. The molecule has 1 aromatic carbocycles. The minimum atomic E-state index is -0.599. The van der Waals surface area contributed by atoms with Crippen molar-refractivity contribution in [2.24, 2.45) is 11.8 Å². The fraction of sp³-hybridized carbons (Fsp3) is 0.667. The summed E-state index contributed by atoms with van der Waals surface area (Å²) in [6.07, 6.45) is 7.13. The van der Waals surface area contributed by atoms with Gasteiger partial charge in [0.05, 0.1) is 5.60 Å². The Bertz CT molecular complexity index is 455. The Hall–Kier alpha value is -0.510. The van der Waals surface area contributed by atoms with Gasteiger partial charge in [0.25, 0.3) is 0 Å². The molecule has 0 saturated heterocycles. The molecule has 0 heterocycles. The topological polar surface area (TPSA) is 32.3 Å². The van der Waals surface area contributed by atoms with Crippen molar-refractivity contribution in [2.75, 3.05) is 18.6 Å². The third-order valence-corrected chi connectivity index (χ3v) is 6.09. The maximum atomic E-state index is 10.4. The van der Waals surface area contributed by atoms with E-state index in [-0.39, 0.29) is 0 Å². The van der Waals surface area contributed by atoms with Crippen molar-refractivity contribution in [1.29, 1.82) is 0 Å². The Labute approximate surface area is 132 Å². The molecule has 3 unspecified atom stereocenters. The second kappa shape index (κ2) is 6.31. The highest BCUT2D eigenvalue weighted by atomic mass is 32.2. The summed E-state index contributed by atoms with van der Waals surface area (Å²) in [5.41, 5.74) is 2.50. The van der Waals surface area contributed by atoms with Crippen LogP contribution in [0.5, 0.6) is 0 Å². The molecule has 2 N–H and O–H groups in total. The second-order valence-corrected chi connectivity index (χ2v) is 7.98. The Morgan fingerprint density at radius 1 is 1.19 bits per heavy atom. The van der Waals surface area contributed by atoms with E-state index in [1.54, 1.807) is 22.9 Å². The van der Waals surface area contributed by atoms with Crippen LogP contribution in [0.3, 0.4) is 0 Å². The highest BCUT2D eigenvalue weighted by molar-refractivity contribution is 7.98. The largest absolute Gasteiger partial charge is 0.388 e. The number of benzene rings is 1. The molecule has 1 aromatic rings. The van der Waals surface area contributed by atoms with E-state index in [0.717, 1.165) is 17.6 Å². The van der Waals surface area contributed by atoms with Crippen molar-refractivity contribution in [3.05, 3.63) is 35.4 Å². The normalized spacial score (nSPS) is 30.5. The van der Waals surface area contributed by atoms with Gasteiger partial charge < -0.3 is 10.4 Å². The Kier molecular flexibility index (Phi) is 4.63. The molecule has 2 aliphatic rings. The van der Waals surface area contributed by atoms with Crippen LogP contribution in [0.1, 0.15) is 30.9 Å². The predicted octanol–water partition coefficient (Wildman–Crippen LogP) is 2.88. The van der Waals surface area contributed by atoms with Crippen molar-refractivity contribution < 1.29 is 5.11 Å². The zero-order chi connectivity index (χ0) is 14.9. The summed E-state index contributed by atoms with van der Waals surface area (Å²) in [6, 6.07) is 9.52. The van der Waals surface area contributed by atoms with Crippen molar-refractivity contribution in [2.45, 2.75) is 44.2 Å². The van der Waals surface area contributed by atoms with Crippen LogP contribution in [0, 0.1) is 11.8 Å². The van der Waals surface area contributed by atoms with E-state index < -0.39 is 5.60 Å². The summed E-state index contributed by atoms with van der Waals surface area (Å²) in [5.74, 6) is 2.27. The van der Waals surface area contributed by atoms with E-state index in [9.17, 15) is 5.11 Å². The number of rotatable bonds is 5. The van der Waals surface area contributed by atoms with Crippen LogP contribution >= 0.6 is 11.8 Å². The van der Waals surface area contributed by atoms with Gasteiger partial charge in [0, 0.05) is 18.3 Å². The van der Waals surface area contributed by atoms with Gasteiger partial charge in [-0.25, -0.2) is 0 Å². The van der Waals surface area contributed by atoms with Crippen molar-refractivity contribution in [1.82, 2.24) is 5.32 Å². The average Bonchev–Trinajstić information content (AvgIpc) is 2.71. The molecular formula is C18H27NOS. The molecule has 0 aromatic heterocycles. The number of hydrogen-bond acceptors (Lipinski definition) is 3. The molecule has 2 bridgehead atoms. The van der Waals surface area contributed by atoms with Crippen LogP contribution in [0.15, 0.2) is 24.3 Å². The van der Waals surface area contributed by atoms with Gasteiger partial charge in [-0.3, -0.25) is 0 Å². The summed E-state index contributed by atoms with van der Waals surface area (Å²) in [6.45, 7) is 2.66. The Balaban J connectivity index is 1.68. The van der Waals surface area contributed by atoms with Crippen LogP contribution in [-0.4, -0.2) is 35.3 Å². The SMILES string of the molecule is CSCC(C)(O)CNC1C2CCC1Cc1ccccc1C2. The molecule has 3 heteroatoms. The maximum absolute atomic E-state index is 10.4. The van der Waals surface area contributed by atoms with Gasteiger partial charge in [-0.2, -0.15) is 11.8 Å². The first-order chi connectivity index (χ1) is 10.1. The number of aliphatic hydroxyl groups is 1. The first-order valence-corrected chi connectivity index (χ1v) is 9.50. The molecular weight excluding hydrogens is 278 g/mol. The van der Waals surface area contributed by atoms with Crippen molar-refractivity contribution in [3.63, 3.8) is 0 Å². The van der Waals surface area contributed by atoms with Gasteiger partial charge in [0.2, 0.25) is 0 Å². The van der Waals surface area contributed by atoms with E-state index >= 15 is 0 Å². The summed E-state index contributed by atoms with van der Waals surface area (Å²) in [7, 11) is 0. The summed E-state index contributed by atoms with van der Waals surface area (Å²) in [5, 5.41) is 14.1. The third kappa shape index (κ3) is 3.46. The summed E-state index contributed by atoms with van der Waals surface area (Å²) >= 11 is 1.72. The van der Waals surface area contributed by atoms with E-state index in [0.29, 0.717) is 12.6 Å². The number of thioether (sulfide) groups is 1. The third-order valence-electron chi connectivity index (χ3n) is 5.18. The van der Waals surface area contributed by atoms with E-state index in [1.165, 1.54) is 25.7 Å². The lowest BCUT2D eigenvalue weighted by Gasteiger charge is -2.29. The lowest BCUT2D eigenvalue weighted by Crippen LogP contribution is -2.47. The molecule has 0 aliphatic heterocycles. The van der Waals surface area contributed by atoms with E-state index in [4.69, 9.17) is 0 Å². The van der Waals surface area contributed by atoms with Crippen LogP contribution in [-0.2, 0) is 12.8 Å². The number of hydrogen-bond donors (Lipinski definition) is 2. The molecule has 0 spiro atoms. The predicted molar refractivity (Wildman–Crippen MR) is 90.9 cm³/mol. The number of nitrogens with one attached hydrogen (secondary N) is 1. The fourth-order valence-corrected chi connectivity index (χ4v) is 4.91. The molecule has 3 atom stereocenters. The molecule has 116 valence electrons. The second-order valence-electron chi connectivity index (χ2n) is 7.11. The standard InChI is InChI=1S/C18H27NOS/c1-18(20,12-21-2)11-19-17-15-7-8-16(17)10-14-6-4-3-5-13(14)9-15/h3-6,15-17,19-20H,7-12H2,1-2H3. The summed E-state index contributed by atoms with van der Waals surface area (Å²) < 4.78 is 0. The van der Waals surface area contributed by atoms with E-state index in [1.807, 2.05) is 6.92 Å². The van der Waals surface area contributed by atoms with Gasteiger partial charge in [-0.05, 0) is 61.8 Å². The molecule has 0 amide bonds. The Morgan fingerprint density at radius 3 is 2.29 bits per heavy atom. The van der Waals surface area contributed by atoms with Crippen LogP contribution in [0.4, 0.5) is 0 Å². The maximum Gasteiger partial charge on any atom is 0.0833 e. The quantitative estimate of drug-likeness (QED) is 0.877. The smallest absolute Gasteiger partial charge is 0.0833 e. The van der Waals surface area contributed by atoms with Gasteiger partial charge in [0.1, 0.15) is 0 Å². The highest BCUT2D eigenvalue weighted by Crippen LogP contribution is 2.40. The monoisotopic (exact) mass is 305 g/mol.